The monoisotopic (exact) mass is 305 g/mol. The van der Waals surface area contributed by atoms with E-state index in [0.717, 1.165) is 17.8 Å². The summed E-state index contributed by atoms with van der Waals surface area (Å²) in [6.07, 6.45) is 6.84. The number of benzene rings is 1. The van der Waals surface area contributed by atoms with E-state index in [2.05, 4.69) is 40.2 Å². The number of nitrogens with two attached hydrogens (primary N) is 1. The standard InChI is InChI=1S/C16H20BrN/c17-14-3-1-12(2-4-14)15-13-6-10-5-11(7-13)9-16(15,18)8-10/h1-4,10-11,13,15H,5-9,18H2. The fourth-order valence-electron chi connectivity index (χ4n) is 5.38. The van der Waals surface area contributed by atoms with E-state index >= 15 is 0 Å². The van der Waals surface area contributed by atoms with E-state index in [4.69, 9.17) is 5.73 Å². The zero-order chi connectivity index (χ0) is 12.3. The molecule has 5 rings (SSSR count). The largest absolute Gasteiger partial charge is 0.325 e. The summed E-state index contributed by atoms with van der Waals surface area (Å²) in [6, 6.07) is 8.91. The summed E-state index contributed by atoms with van der Waals surface area (Å²) in [7, 11) is 0. The molecule has 4 aliphatic carbocycles. The summed E-state index contributed by atoms with van der Waals surface area (Å²) in [5, 5.41) is 0. The van der Waals surface area contributed by atoms with Crippen LogP contribution in [0.3, 0.4) is 0 Å². The van der Waals surface area contributed by atoms with Gasteiger partial charge in [-0.25, -0.2) is 0 Å². The SMILES string of the molecule is NC12CC3CC(CC(C3)C1c1ccc(Br)cc1)C2. The first-order chi connectivity index (χ1) is 8.64. The fourth-order valence-corrected chi connectivity index (χ4v) is 5.64. The van der Waals surface area contributed by atoms with Crippen LogP contribution in [0.15, 0.2) is 28.7 Å². The average Bonchev–Trinajstić information content (AvgIpc) is 2.29. The van der Waals surface area contributed by atoms with Crippen LogP contribution in [0, 0.1) is 17.8 Å². The Balaban J connectivity index is 1.74. The number of halogens is 1. The molecule has 2 heteroatoms. The van der Waals surface area contributed by atoms with Crippen LogP contribution >= 0.6 is 15.9 Å². The Bertz CT molecular complexity index is 452. The van der Waals surface area contributed by atoms with Crippen molar-refractivity contribution in [3.05, 3.63) is 34.3 Å². The highest BCUT2D eigenvalue weighted by molar-refractivity contribution is 9.10. The molecular formula is C16H20BrN. The molecular weight excluding hydrogens is 286 g/mol. The van der Waals surface area contributed by atoms with Gasteiger partial charge in [0.05, 0.1) is 0 Å². The van der Waals surface area contributed by atoms with Crippen molar-refractivity contribution in [2.75, 3.05) is 0 Å². The Morgan fingerprint density at radius 1 is 1.00 bits per heavy atom. The lowest BCUT2D eigenvalue weighted by Gasteiger charge is -2.60. The van der Waals surface area contributed by atoms with Crippen molar-refractivity contribution in [1.82, 2.24) is 0 Å². The molecule has 2 N–H and O–H groups in total. The zero-order valence-corrected chi connectivity index (χ0v) is 12.2. The molecule has 1 aromatic rings. The minimum absolute atomic E-state index is 0.0998. The number of rotatable bonds is 1. The van der Waals surface area contributed by atoms with Gasteiger partial charge in [-0.1, -0.05) is 28.1 Å². The van der Waals surface area contributed by atoms with Crippen molar-refractivity contribution < 1.29 is 0 Å². The lowest BCUT2D eigenvalue weighted by atomic mass is 9.47. The number of hydrogen-bond acceptors (Lipinski definition) is 1. The fraction of sp³-hybridized carbons (Fsp3) is 0.625. The van der Waals surface area contributed by atoms with Crippen LogP contribution in [0.2, 0.25) is 0 Å². The molecule has 1 aromatic carbocycles. The smallest absolute Gasteiger partial charge is 0.0231 e. The molecule has 0 aliphatic heterocycles. The van der Waals surface area contributed by atoms with Gasteiger partial charge in [-0.2, -0.15) is 0 Å². The molecule has 18 heavy (non-hydrogen) atoms. The first-order valence-corrected chi connectivity index (χ1v) is 7.98. The topological polar surface area (TPSA) is 26.0 Å². The molecule has 0 heterocycles. The summed E-state index contributed by atoms with van der Waals surface area (Å²) in [4.78, 5) is 0. The molecule has 4 fully saturated rings. The summed E-state index contributed by atoms with van der Waals surface area (Å²) in [5.41, 5.74) is 8.40. The van der Waals surface area contributed by atoms with Gasteiger partial charge in [0.1, 0.15) is 0 Å². The molecule has 0 spiro atoms. The van der Waals surface area contributed by atoms with Crippen LogP contribution in [0.1, 0.15) is 43.6 Å². The van der Waals surface area contributed by atoms with E-state index in [1.54, 1.807) is 0 Å². The third kappa shape index (κ3) is 1.61. The average molecular weight is 306 g/mol. The van der Waals surface area contributed by atoms with Gasteiger partial charge in [0.25, 0.3) is 0 Å². The van der Waals surface area contributed by atoms with Gasteiger partial charge in [-0.3, -0.25) is 0 Å². The van der Waals surface area contributed by atoms with Gasteiger partial charge < -0.3 is 5.73 Å². The molecule has 0 saturated heterocycles. The second-order valence-electron chi connectivity index (χ2n) is 6.87. The Hall–Kier alpha value is -0.340. The molecule has 0 amide bonds. The highest BCUT2D eigenvalue weighted by atomic mass is 79.9. The molecule has 4 saturated carbocycles. The quantitative estimate of drug-likeness (QED) is 0.831. The highest BCUT2D eigenvalue weighted by Crippen LogP contribution is 2.60. The predicted molar refractivity (Wildman–Crippen MR) is 77.4 cm³/mol. The molecule has 96 valence electrons. The summed E-state index contributed by atoms with van der Waals surface area (Å²) < 4.78 is 1.17. The van der Waals surface area contributed by atoms with E-state index in [1.807, 2.05) is 0 Å². The Kier molecular flexibility index (Phi) is 2.44. The van der Waals surface area contributed by atoms with Gasteiger partial charge >= 0.3 is 0 Å². The maximum absolute atomic E-state index is 6.82. The van der Waals surface area contributed by atoms with Crippen LogP contribution in [-0.4, -0.2) is 5.54 Å². The summed E-state index contributed by atoms with van der Waals surface area (Å²) >= 11 is 3.53. The molecule has 3 atom stereocenters. The van der Waals surface area contributed by atoms with E-state index < -0.39 is 0 Å². The van der Waals surface area contributed by atoms with Gasteiger partial charge in [0.15, 0.2) is 0 Å². The first kappa shape index (κ1) is 11.5. The second kappa shape index (κ2) is 3.83. The normalized spacial score (nSPS) is 45.4. The van der Waals surface area contributed by atoms with Crippen molar-refractivity contribution in [1.29, 1.82) is 0 Å². The number of hydrogen-bond donors (Lipinski definition) is 1. The molecule has 3 unspecified atom stereocenters. The van der Waals surface area contributed by atoms with Crippen molar-refractivity contribution in [3.8, 4) is 0 Å². The third-order valence-corrected chi connectivity index (χ3v) is 6.12. The Morgan fingerprint density at radius 2 is 1.61 bits per heavy atom. The van der Waals surface area contributed by atoms with Gasteiger partial charge in [0.2, 0.25) is 0 Å². The van der Waals surface area contributed by atoms with Crippen molar-refractivity contribution in [2.24, 2.45) is 23.5 Å². The Morgan fingerprint density at radius 3 is 2.17 bits per heavy atom. The highest BCUT2D eigenvalue weighted by Gasteiger charge is 2.55. The van der Waals surface area contributed by atoms with Gasteiger partial charge in [-0.15, -0.1) is 0 Å². The second-order valence-corrected chi connectivity index (χ2v) is 7.79. The summed E-state index contributed by atoms with van der Waals surface area (Å²) in [5.74, 6) is 3.32. The minimum atomic E-state index is 0.0998. The molecule has 0 aromatic heterocycles. The maximum atomic E-state index is 6.82. The third-order valence-electron chi connectivity index (χ3n) is 5.60. The van der Waals surface area contributed by atoms with Gasteiger partial charge in [0, 0.05) is 15.9 Å². The molecule has 4 aliphatic rings. The van der Waals surface area contributed by atoms with Crippen LogP contribution in [-0.2, 0) is 0 Å². The molecule has 1 nitrogen and oxygen atoms in total. The van der Waals surface area contributed by atoms with E-state index in [-0.39, 0.29) is 5.54 Å². The molecule has 4 bridgehead atoms. The maximum Gasteiger partial charge on any atom is 0.0231 e. The van der Waals surface area contributed by atoms with Crippen LogP contribution in [0.4, 0.5) is 0 Å². The van der Waals surface area contributed by atoms with Crippen molar-refractivity contribution in [3.63, 3.8) is 0 Å². The van der Waals surface area contributed by atoms with E-state index in [1.165, 1.54) is 42.1 Å². The van der Waals surface area contributed by atoms with Gasteiger partial charge in [-0.05, 0) is 67.6 Å². The first-order valence-electron chi connectivity index (χ1n) is 7.18. The van der Waals surface area contributed by atoms with Crippen LogP contribution in [0.25, 0.3) is 0 Å². The van der Waals surface area contributed by atoms with Crippen molar-refractivity contribution >= 4 is 15.9 Å². The minimum Gasteiger partial charge on any atom is -0.325 e. The van der Waals surface area contributed by atoms with E-state index in [0.29, 0.717) is 5.92 Å². The summed E-state index contributed by atoms with van der Waals surface area (Å²) in [6.45, 7) is 0. The lowest BCUT2D eigenvalue weighted by Crippen LogP contribution is -2.60. The van der Waals surface area contributed by atoms with E-state index in [9.17, 15) is 0 Å². The zero-order valence-electron chi connectivity index (χ0n) is 10.6. The lowest BCUT2D eigenvalue weighted by molar-refractivity contribution is -0.0221. The van der Waals surface area contributed by atoms with Crippen LogP contribution < -0.4 is 5.73 Å². The predicted octanol–water partition coefficient (Wildman–Crippen LogP) is 4.07. The van der Waals surface area contributed by atoms with Crippen molar-refractivity contribution in [2.45, 2.75) is 43.6 Å². The van der Waals surface area contributed by atoms with Crippen LogP contribution in [0.5, 0.6) is 0 Å². The molecule has 0 radical (unpaired) electrons. The Labute approximate surface area is 117 Å².